The number of benzene rings is 1. The zero-order valence-corrected chi connectivity index (χ0v) is 9.89. The maximum absolute atomic E-state index is 12.2. The number of ketones is 1. The van der Waals surface area contributed by atoms with Crippen LogP contribution in [0.15, 0.2) is 42.6 Å². The summed E-state index contributed by atoms with van der Waals surface area (Å²) in [6.07, 6.45) is 1.33. The van der Waals surface area contributed by atoms with E-state index in [9.17, 15) is 9.59 Å². The van der Waals surface area contributed by atoms with E-state index in [1.165, 1.54) is 18.3 Å². The fourth-order valence-corrected chi connectivity index (χ4v) is 1.77. The second-order valence-electron chi connectivity index (χ2n) is 3.51. The van der Waals surface area contributed by atoms with Crippen LogP contribution in [0.5, 0.6) is 0 Å². The Kier molecular flexibility index (Phi) is 3.39. The van der Waals surface area contributed by atoms with E-state index in [1.807, 2.05) is 0 Å². The lowest BCUT2D eigenvalue weighted by Gasteiger charge is -2.05. The van der Waals surface area contributed by atoms with Crippen molar-refractivity contribution in [2.24, 2.45) is 0 Å². The summed E-state index contributed by atoms with van der Waals surface area (Å²) in [5.41, 5.74) is 0.00943. The summed E-state index contributed by atoms with van der Waals surface area (Å²) < 4.78 is 0. The van der Waals surface area contributed by atoms with Crippen LogP contribution in [0.1, 0.15) is 26.4 Å². The van der Waals surface area contributed by atoms with Gasteiger partial charge in [-0.05, 0) is 24.3 Å². The van der Waals surface area contributed by atoms with Crippen LogP contribution >= 0.6 is 11.6 Å². The molecule has 90 valence electrons. The van der Waals surface area contributed by atoms with Gasteiger partial charge in [0.2, 0.25) is 0 Å². The molecule has 1 N–H and O–H groups in total. The number of carboxylic acid groups (broad SMARTS) is 1. The Hall–Kier alpha value is -2.20. The van der Waals surface area contributed by atoms with E-state index in [2.05, 4.69) is 4.98 Å². The van der Waals surface area contributed by atoms with Crippen molar-refractivity contribution in [1.82, 2.24) is 4.98 Å². The molecule has 1 aromatic carbocycles. The van der Waals surface area contributed by atoms with Crippen molar-refractivity contribution < 1.29 is 14.7 Å². The number of aromatic carboxylic acids is 1. The van der Waals surface area contributed by atoms with Gasteiger partial charge in [-0.25, -0.2) is 9.78 Å². The van der Waals surface area contributed by atoms with Crippen molar-refractivity contribution in [3.63, 3.8) is 0 Å². The number of hydrogen-bond donors (Lipinski definition) is 1. The highest BCUT2D eigenvalue weighted by Gasteiger charge is 2.20. The van der Waals surface area contributed by atoms with Gasteiger partial charge in [-0.2, -0.15) is 0 Å². The second kappa shape index (κ2) is 4.98. The van der Waals surface area contributed by atoms with E-state index in [4.69, 9.17) is 16.7 Å². The van der Waals surface area contributed by atoms with Crippen molar-refractivity contribution in [3.8, 4) is 0 Å². The smallest absolute Gasteiger partial charge is 0.355 e. The first kappa shape index (κ1) is 12.3. The van der Waals surface area contributed by atoms with Crippen molar-refractivity contribution in [3.05, 3.63) is 64.4 Å². The van der Waals surface area contributed by atoms with Crippen LogP contribution in [-0.2, 0) is 0 Å². The molecule has 0 fully saturated rings. The molecule has 0 radical (unpaired) electrons. The summed E-state index contributed by atoms with van der Waals surface area (Å²) in [5, 5.41) is 9.26. The van der Waals surface area contributed by atoms with Gasteiger partial charge in [-0.15, -0.1) is 0 Å². The highest BCUT2D eigenvalue weighted by molar-refractivity contribution is 6.35. The first-order chi connectivity index (χ1) is 8.61. The van der Waals surface area contributed by atoms with Crippen LogP contribution < -0.4 is 0 Å². The molecule has 1 heterocycles. The molecule has 0 spiro atoms. The minimum absolute atomic E-state index is 0.0260. The minimum Gasteiger partial charge on any atom is -0.476 e. The summed E-state index contributed by atoms with van der Waals surface area (Å²) in [5.74, 6) is -1.70. The number of carbonyl (C=O) groups excluding carboxylic acids is 1. The first-order valence-electron chi connectivity index (χ1n) is 5.09. The maximum Gasteiger partial charge on any atom is 0.355 e. The normalized spacial score (nSPS) is 10.1. The molecule has 0 atom stereocenters. The number of hydrogen-bond acceptors (Lipinski definition) is 3. The number of carbonyl (C=O) groups is 2. The molecule has 0 bridgehead atoms. The predicted molar refractivity (Wildman–Crippen MR) is 66.1 cm³/mol. The number of aromatic nitrogens is 1. The zero-order chi connectivity index (χ0) is 13.1. The monoisotopic (exact) mass is 261 g/mol. The van der Waals surface area contributed by atoms with Crippen LogP contribution in [0.3, 0.4) is 0 Å². The lowest BCUT2D eigenvalue weighted by molar-refractivity contribution is 0.0686. The van der Waals surface area contributed by atoms with Crippen molar-refractivity contribution in [1.29, 1.82) is 0 Å². The fraction of sp³-hybridized carbons (Fsp3) is 0. The lowest BCUT2D eigenvalue weighted by atomic mass is 10.0. The summed E-state index contributed by atoms with van der Waals surface area (Å²) in [7, 11) is 0. The number of rotatable bonds is 3. The van der Waals surface area contributed by atoms with Gasteiger partial charge in [-0.3, -0.25) is 4.79 Å². The van der Waals surface area contributed by atoms with E-state index in [-0.39, 0.29) is 21.8 Å². The molecule has 0 unspecified atom stereocenters. The minimum atomic E-state index is -1.24. The molecule has 0 amide bonds. The first-order valence-corrected chi connectivity index (χ1v) is 5.46. The molecular weight excluding hydrogens is 254 g/mol. The summed E-state index contributed by atoms with van der Waals surface area (Å²) in [4.78, 5) is 26.9. The molecular formula is C13H8ClNO3. The Morgan fingerprint density at radius 3 is 2.39 bits per heavy atom. The predicted octanol–water partition coefficient (Wildman–Crippen LogP) is 2.66. The Bertz CT molecular complexity index is 625. The third kappa shape index (κ3) is 2.24. The highest BCUT2D eigenvalue weighted by atomic mass is 35.5. The van der Waals surface area contributed by atoms with E-state index >= 15 is 0 Å². The topological polar surface area (TPSA) is 67.3 Å². The zero-order valence-electron chi connectivity index (χ0n) is 9.13. The molecule has 18 heavy (non-hydrogen) atoms. The van der Waals surface area contributed by atoms with Crippen molar-refractivity contribution in [2.45, 2.75) is 0 Å². The maximum atomic E-state index is 12.2. The van der Waals surface area contributed by atoms with Gasteiger partial charge in [0, 0.05) is 11.8 Å². The van der Waals surface area contributed by atoms with E-state index < -0.39 is 11.8 Å². The summed E-state index contributed by atoms with van der Waals surface area (Å²) >= 11 is 5.91. The molecule has 2 aromatic rings. The second-order valence-corrected chi connectivity index (χ2v) is 3.92. The third-order valence-corrected chi connectivity index (χ3v) is 2.70. The average molecular weight is 262 g/mol. The SMILES string of the molecule is O=C(c1ccccc1Cl)c1cccnc1C(=O)O. The Balaban J connectivity index is 2.54. The Labute approximate surface area is 108 Å². The molecule has 0 aliphatic carbocycles. The average Bonchev–Trinajstić information content (AvgIpc) is 2.38. The van der Waals surface area contributed by atoms with E-state index in [0.717, 1.165) is 0 Å². The number of pyridine rings is 1. The Morgan fingerprint density at radius 1 is 1.06 bits per heavy atom. The number of nitrogens with zero attached hydrogens (tertiary/aromatic N) is 1. The van der Waals surface area contributed by atoms with Gasteiger partial charge < -0.3 is 5.11 Å². The molecule has 4 nitrogen and oxygen atoms in total. The summed E-state index contributed by atoms with van der Waals surface area (Å²) in [6.45, 7) is 0. The largest absolute Gasteiger partial charge is 0.476 e. The van der Waals surface area contributed by atoms with E-state index in [0.29, 0.717) is 0 Å². The third-order valence-electron chi connectivity index (χ3n) is 2.37. The molecule has 0 saturated heterocycles. The Morgan fingerprint density at radius 2 is 1.72 bits per heavy atom. The van der Waals surface area contributed by atoms with Crippen molar-refractivity contribution >= 4 is 23.4 Å². The van der Waals surface area contributed by atoms with E-state index in [1.54, 1.807) is 24.3 Å². The highest BCUT2D eigenvalue weighted by Crippen LogP contribution is 2.20. The molecule has 0 aliphatic rings. The van der Waals surface area contributed by atoms with Gasteiger partial charge >= 0.3 is 5.97 Å². The van der Waals surface area contributed by atoms with Crippen LogP contribution in [0.4, 0.5) is 0 Å². The quantitative estimate of drug-likeness (QED) is 0.863. The van der Waals surface area contributed by atoms with Crippen LogP contribution in [0.2, 0.25) is 5.02 Å². The molecule has 5 heteroatoms. The van der Waals surface area contributed by atoms with Gasteiger partial charge in [0.15, 0.2) is 11.5 Å². The van der Waals surface area contributed by atoms with Crippen LogP contribution in [-0.4, -0.2) is 21.8 Å². The van der Waals surface area contributed by atoms with Gasteiger partial charge in [0.25, 0.3) is 0 Å². The van der Waals surface area contributed by atoms with Crippen molar-refractivity contribution in [2.75, 3.05) is 0 Å². The molecule has 0 saturated carbocycles. The standard InChI is InChI=1S/C13H8ClNO3/c14-10-6-2-1-4-8(10)12(16)9-5-3-7-15-11(9)13(17)18/h1-7H,(H,17,18). The van der Waals surface area contributed by atoms with Gasteiger partial charge in [-0.1, -0.05) is 23.7 Å². The molecule has 1 aromatic heterocycles. The number of halogens is 1. The molecule has 0 aliphatic heterocycles. The number of carboxylic acids is 1. The van der Waals surface area contributed by atoms with Gasteiger partial charge in [0.05, 0.1) is 10.6 Å². The van der Waals surface area contributed by atoms with Crippen LogP contribution in [0.25, 0.3) is 0 Å². The summed E-state index contributed by atoms with van der Waals surface area (Å²) in [6, 6.07) is 9.41. The van der Waals surface area contributed by atoms with Gasteiger partial charge in [0.1, 0.15) is 0 Å². The molecule has 2 rings (SSSR count). The fourth-order valence-electron chi connectivity index (χ4n) is 1.55. The lowest BCUT2D eigenvalue weighted by Crippen LogP contribution is -2.11. The van der Waals surface area contributed by atoms with Crippen LogP contribution in [0, 0.1) is 0 Å².